The Hall–Kier alpha value is -0.185. The number of aromatic nitrogens is 1. The summed E-state index contributed by atoms with van der Waals surface area (Å²) in [5.74, 6) is -0.0882. The van der Waals surface area contributed by atoms with E-state index >= 15 is 0 Å². The molecule has 1 aromatic heterocycles. The van der Waals surface area contributed by atoms with Gasteiger partial charge >= 0.3 is 37.7 Å². The molecule has 0 bridgehead atoms. The van der Waals surface area contributed by atoms with Crippen molar-refractivity contribution in [1.29, 1.82) is 0 Å². The van der Waals surface area contributed by atoms with Crippen molar-refractivity contribution in [3.05, 3.63) is 30.1 Å². The SMILES string of the molecule is CC(C)(C)C([O-])=NCc1[c-]ccnc1.[Li+].[Li+]. The number of pyridine rings is 1. The molecular formula is C11H14Li2N2O. The third kappa shape index (κ3) is 6.41. The fourth-order valence-corrected chi connectivity index (χ4v) is 0.838. The van der Waals surface area contributed by atoms with Crippen LogP contribution < -0.4 is 42.8 Å². The molecule has 1 heterocycles. The molecule has 0 amide bonds. The Balaban J connectivity index is 0. The van der Waals surface area contributed by atoms with E-state index in [9.17, 15) is 5.11 Å². The minimum atomic E-state index is -0.401. The Kier molecular flexibility index (Phi) is 9.08. The van der Waals surface area contributed by atoms with Gasteiger partial charge in [-0.05, 0) is 11.3 Å². The molecule has 0 unspecified atom stereocenters. The minimum absolute atomic E-state index is 0. The number of nitrogens with zero attached hydrogens (tertiary/aromatic N) is 2. The first-order valence-electron chi connectivity index (χ1n) is 4.52. The van der Waals surface area contributed by atoms with Crippen LogP contribution in [0.5, 0.6) is 0 Å². The molecule has 0 aliphatic carbocycles. The zero-order chi connectivity index (χ0) is 10.6. The summed E-state index contributed by atoms with van der Waals surface area (Å²) in [6.07, 6.45) is 3.31. The standard InChI is InChI=1S/C11H15N2O.2Li/c1-11(2,3)10(14)13-8-9-5-4-6-12-7-9;;/h4,6-7H,8H2,1-3H3,(H,13,14);;/q-1;2*+1/p-1. The van der Waals surface area contributed by atoms with Crippen LogP contribution in [0.1, 0.15) is 26.3 Å². The van der Waals surface area contributed by atoms with Crippen LogP contribution in [-0.2, 0) is 6.54 Å². The summed E-state index contributed by atoms with van der Waals surface area (Å²) < 4.78 is 0. The largest absolute Gasteiger partial charge is 1.00 e. The summed E-state index contributed by atoms with van der Waals surface area (Å²) >= 11 is 0. The molecular weight excluding hydrogens is 190 g/mol. The van der Waals surface area contributed by atoms with E-state index < -0.39 is 5.41 Å². The van der Waals surface area contributed by atoms with Gasteiger partial charge in [-0.1, -0.05) is 33.2 Å². The van der Waals surface area contributed by atoms with E-state index in [4.69, 9.17) is 0 Å². The fraction of sp³-hybridized carbons (Fsp3) is 0.455. The maximum Gasteiger partial charge on any atom is 1.00 e. The maximum atomic E-state index is 11.4. The van der Waals surface area contributed by atoms with Crippen LogP contribution >= 0.6 is 0 Å². The van der Waals surface area contributed by atoms with Gasteiger partial charge in [-0.15, -0.1) is 5.56 Å². The summed E-state index contributed by atoms with van der Waals surface area (Å²) in [4.78, 5) is 7.88. The molecule has 0 aromatic carbocycles. The van der Waals surface area contributed by atoms with Crippen LogP contribution in [0.15, 0.2) is 23.5 Å². The Bertz CT molecular complexity index is 321. The molecule has 0 saturated carbocycles. The molecule has 76 valence electrons. The monoisotopic (exact) mass is 204 g/mol. The van der Waals surface area contributed by atoms with Gasteiger partial charge in [-0.2, -0.15) is 12.1 Å². The number of hydrogen-bond acceptors (Lipinski definition) is 3. The van der Waals surface area contributed by atoms with Crippen LogP contribution in [0.4, 0.5) is 0 Å². The Morgan fingerprint density at radius 1 is 1.44 bits per heavy atom. The van der Waals surface area contributed by atoms with Crippen molar-refractivity contribution >= 4 is 5.90 Å². The normalized spacial score (nSPS) is 11.3. The van der Waals surface area contributed by atoms with Crippen LogP contribution in [0.3, 0.4) is 0 Å². The number of aliphatic imine (C=N–C) groups is 1. The summed E-state index contributed by atoms with van der Waals surface area (Å²) in [6, 6.07) is 4.68. The van der Waals surface area contributed by atoms with Gasteiger partial charge in [0.05, 0.1) is 0 Å². The van der Waals surface area contributed by atoms with Crippen molar-refractivity contribution in [2.75, 3.05) is 0 Å². The molecule has 1 rings (SSSR count). The van der Waals surface area contributed by atoms with E-state index in [0.29, 0.717) is 6.54 Å². The summed E-state index contributed by atoms with van der Waals surface area (Å²) in [5.41, 5.74) is 0.437. The van der Waals surface area contributed by atoms with Gasteiger partial charge in [0.1, 0.15) is 0 Å². The molecule has 3 nitrogen and oxygen atoms in total. The zero-order valence-electron chi connectivity index (χ0n) is 10.7. The van der Waals surface area contributed by atoms with Gasteiger partial charge in [0, 0.05) is 6.54 Å². The first-order valence-corrected chi connectivity index (χ1v) is 4.52. The Labute approximate surface area is 121 Å². The predicted molar refractivity (Wildman–Crippen MR) is 53.7 cm³/mol. The molecule has 0 N–H and O–H groups in total. The van der Waals surface area contributed by atoms with Gasteiger partial charge in [0.15, 0.2) is 0 Å². The molecule has 0 aliphatic heterocycles. The summed E-state index contributed by atoms with van der Waals surface area (Å²) in [5, 5.41) is 11.4. The average molecular weight is 204 g/mol. The van der Waals surface area contributed by atoms with Crippen molar-refractivity contribution < 1.29 is 42.8 Å². The Morgan fingerprint density at radius 3 is 2.50 bits per heavy atom. The van der Waals surface area contributed by atoms with Crippen molar-refractivity contribution in [1.82, 2.24) is 4.98 Å². The molecule has 0 saturated heterocycles. The number of hydrogen-bond donors (Lipinski definition) is 0. The van der Waals surface area contributed by atoms with Crippen molar-refractivity contribution in [2.45, 2.75) is 27.3 Å². The summed E-state index contributed by atoms with van der Waals surface area (Å²) in [6.45, 7) is 5.92. The molecule has 0 aliphatic rings. The first kappa shape index (κ1) is 18.2. The first-order chi connectivity index (χ1) is 6.50. The van der Waals surface area contributed by atoms with Gasteiger partial charge in [0.2, 0.25) is 0 Å². The second-order valence-electron chi connectivity index (χ2n) is 4.13. The molecule has 1 aromatic rings. The van der Waals surface area contributed by atoms with Crippen LogP contribution in [0.25, 0.3) is 0 Å². The van der Waals surface area contributed by atoms with E-state index in [1.165, 1.54) is 0 Å². The maximum absolute atomic E-state index is 11.4. The van der Waals surface area contributed by atoms with E-state index in [2.05, 4.69) is 16.0 Å². The van der Waals surface area contributed by atoms with Crippen LogP contribution in [-0.4, -0.2) is 10.9 Å². The third-order valence-corrected chi connectivity index (χ3v) is 1.69. The molecule has 0 atom stereocenters. The quantitative estimate of drug-likeness (QED) is 0.210. The second-order valence-corrected chi connectivity index (χ2v) is 4.13. The van der Waals surface area contributed by atoms with E-state index in [1.54, 1.807) is 18.5 Å². The van der Waals surface area contributed by atoms with E-state index in [-0.39, 0.29) is 43.6 Å². The van der Waals surface area contributed by atoms with Gasteiger partial charge in [-0.3, -0.25) is 0 Å². The molecule has 5 heteroatoms. The van der Waals surface area contributed by atoms with Gasteiger partial charge in [-0.25, -0.2) is 0 Å². The average Bonchev–Trinajstić information content (AvgIpc) is 2.14. The van der Waals surface area contributed by atoms with Gasteiger partial charge < -0.3 is 15.1 Å². The Morgan fingerprint density at radius 2 is 2.06 bits per heavy atom. The zero-order valence-corrected chi connectivity index (χ0v) is 10.7. The minimum Gasteiger partial charge on any atom is -0.862 e. The predicted octanol–water partition coefficient (Wildman–Crippen LogP) is -4.81. The van der Waals surface area contributed by atoms with Crippen molar-refractivity contribution in [2.24, 2.45) is 10.4 Å². The van der Waals surface area contributed by atoms with Gasteiger partial charge in [0.25, 0.3) is 0 Å². The summed E-state index contributed by atoms with van der Waals surface area (Å²) in [7, 11) is 0. The molecule has 0 radical (unpaired) electrons. The molecule has 0 fully saturated rings. The van der Waals surface area contributed by atoms with Crippen molar-refractivity contribution in [3.63, 3.8) is 0 Å². The topological polar surface area (TPSA) is 48.3 Å². The van der Waals surface area contributed by atoms with Crippen LogP contribution in [0, 0.1) is 11.5 Å². The number of rotatable bonds is 2. The molecule has 0 spiro atoms. The smallest absolute Gasteiger partial charge is 0.862 e. The third-order valence-electron chi connectivity index (χ3n) is 1.69. The van der Waals surface area contributed by atoms with E-state index in [0.717, 1.165) is 5.56 Å². The van der Waals surface area contributed by atoms with E-state index in [1.807, 2.05) is 20.8 Å². The fourth-order valence-electron chi connectivity index (χ4n) is 0.838. The van der Waals surface area contributed by atoms with Crippen molar-refractivity contribution in [3.8, 4) is 0 Å². The van der Waals surface area contributed by atoms with Crippen LogP contribution in [0.2, 0.25) is 0 Å². The second kappa shape index (κ2) is 7.99. The molecule has 16 heavy (non-hydrogen) atoms.